The molecule has 3 nitrogen and oxygen atoms in total. The Bertz CT molecular complexity index is 988. The highest BCUT2D eigenvalue weighted by Crippen LogP contribution is 2.43. The molecule has 0 saturated carbocycles. The van der Waals surface area contributed by atoms with Crippen molar-refractivity contribution < 1.29 is 9.90 Å². The minimum absolute atomic E-state index is 0.106. The molecule has 0 radical (unpaired) electrons. The van der Waals surface area contributed by atoms with Crippen molar-refractivity contribution in [3.8, 4) is 5.75 Å². The van der Waals surface area contributed by atoms with Gasteiger partial charge in [-0.3, -0.25) is 4.79 Å². The number of Topliss-reactive ketones (excluding diaryl/α,β-unsaturated/α-hetero) is 1. The number of para-hydroxylation sites is 1. The molecular formula is C17H10ClNO2S. The third-order valence-corrected chi connectivity index (χ3v) is 5.09. The summed E-state index contributed by atoms with van der Waals surface area (Å²) in [6.07, 6.45) is 0. The monoisotopic (exact) mass is 327 g/mol. The third-order valence-electron chi connectivity index (χ3n) is 3.74. The fraction of sp³-hybridized carbons (Fsp3) is 0.0588. The molecule has 0 fully saturated rings. The second-order valence-electron chi connectivity index (χ2n) is 5.18. The molecule has 108 valence electrons. The van der Waals surface area contributed by atoms with Crippen LogP contribution in [0.4, 0.5) is 5.69 Å². The molecule has 1 aromatic heterocycles. The van der Waals surface area contributed by atoms with Crippen LogP contribution in [0.25, 0.3) is 10.1 Å². The molecule has 0 amide bonds. The SMILES string of the molecule is Cc1cc(Cl)cc2sc(C3=Nc4ccccc4C3=O)c(O)c12. The van der Waals surface area contributed by atoms with Crippen LogP contribution >= 0.6 is 22.9 Å². The molecular weight excluding hydrogens is 318 g/mol. The van der Waals surface area contributed by atoms with Gasteiger partial charge in [-0.2, -0.15) is 0 Å². The van der Waals surface area contributed by atoms with Gasteiger partial charge in [0, 0.05) is 20.7 Å². The number of hydrogen-bond donors (Lipinski definition) is 1. The predicted octanol–water partition coefficient (Wildman–Crippen LogP) is 4.89. The molecule has 0 bridgehead atoms. The molecule has 0 saturated heterocycles. The largest absolute Gasteiger partial charge is 0.506 e. The van der Waals surface area contributed by atoms with Gasteiger partial charge in [-0.25, -0.2) is 4.99 Å². The van der Waals surface area contributed by atoms with Crippen LogP contribution < -0.4 is 0 Å². The molecule has 1 N–H and O–H groups in total. The van der Waals surface area contributed by atoms with E-state index in [4.69, 9.17) is 11.6 Å². The summed E-state index contributed by atoms with van der Waals surface area (Å²) < 4.78 is 0.851. The van der Waals surface area contributed by atoms with E-state index in [0.717, 1.165) is 15.6 Å². The first-order valence-electron chi connectivity index (χ1n) is 6.70. The molecule has 5 heteroatoms. The Morgan fingerprint density at radius 2 is 2.00 bits per heavy atom. The Labute approximate surface area is 135 Å². The molecule has 3 aromatic rings. The maximum Gasteiger partial charge on any atom is 0.215 e. The van der Waals surface area contributed by atoms with E-state index in [1.807, 2.05) is 19.1 Å². The molecule has 0 unspecified atom stereocenters. The molecule has 4 rings (SSSR count). The summed E-state index contributed by atoms with van der Waals surface area (Å²) in [6.45, 7) is 1.89. The van der Waals surface area contributed by atoms with Gasteiger partial charge in [0.2, 0.25) is 5.78 Å². The maximum atomic E-state index is 12.5. The maximum absolute atomic E-state index is 12.5. The lowest BCUT2D eigenvalue weighted by atomic mass is 10.1. The number of aromatic hydroxyl groups is 1. The van der Waals surface area contributed by atoms with Crippen molar-refractivity contribution in [1.82, 2.24) is 0 Å². The average Bonchev–Trinajstić information content (AvgIpc) is 2.97. The van der Waals surface area contributed by atoms with Crippen molar-refractivity contribution in [3.05, 3.63) is 57.4 Å². The number of benzene rings is 2. The Kier molecular flexibility index (Phi) is 2.86. The Balaban J connectivity index is 1.96. The number of aryl methyl sites for hydroxylation is 1. The standard InChI is InChI=1S/C17H10ClNO2S/c1-8-6-9(18)7-12-13(8)16(21)17(22-12)14-15(20)10-4-2-3-5-11(10)19-14/h2-7,21H,1H3. The molecule has 22 heavy (non-hydrogen) atoms. The zero-order valence-corrected chi connectivity index (χ0v) is 13.1. The van der Waals surface area contributed by atoms with Crippen molar-refractivity contribution in [2.45, 2.75) is 6.92 Å². The van der Waals surface area contributed by atoms with E-state index < -0.39 is 0 Å². The van der Waals surface area contributed by atoms with Crippen molar-refractivity contribution in [3.63, 3.8) is 0 Å². The van der Waals surface area contributed by atoms with Crippen LogP contribution in [-0.4, -0.2) is 16.6 Å². The van der Waals surface area contributed by atoms with Gasteiger partial charge in [0.15, 0.2) is 0 Å². The number of aliphatic imine (C=N–C) groups is 1. The van der Waals surface area contributed by atoms with Crippen LogP contribution in [-0.2, 0) is 0 Å². The number of ketones is 1. The highest BCUT2D eigenvalue weighted by atomic mass is 35.5. The number of thiophene rings is 1. The summed E-state index contributed by atoms with van der Waals surface area (Å²) in [5.74, 6) is -0.0460. The van der Waals surface area contributed by atoms with Crippen LogP contribution in [0.3, 0.4) is 0 Å². The first kappa shape index (κ1) is 13.5. The summed E-state index contributed by atoms with van der Waals surface area (Å²) in [5, 5.41) is 11.9. The van der Waals surface area contributed by atoms with Gasteiger partial charge in [-0.15, -0.1) is 11.3 Å². The van der Waals surface area contributed by atoms with E-state index in [2.05, 4.69) is 4.99 Å². The summed E-state index contributed by atoms with van der Waals surface area (Å²) in [7, 11) is 0. The number of rotatable bonds is 1. The first-order chi connectivity index (χ1) is 10.6. The first-order valence-corrected chi connectivity index (χ1v) is 7.90. The van der Waals surface area contributed by atoms with Crippen LogP contribution in [0.5, 0.6) is 5.75 Å². The van der Waals surface area contributed by atoms with E-state index >= 15 is 0 Å². The van der Waals surface area contributed by atoms with Gasteiger partial charge in [0.25, 0.3) is 0 Å². The normalized spacial score (nSPS) is 13.5. The van der Waals surface area contributed by atoms with Gasteiger partial charge in [-0.05, 0) is 36.8 Å². The Morgan fingerprint density at radius 1 is 1.23 bits per heavy atom. The predicted molar refractivity (Wildman–Crippen MR) is 90.2 cm³/mol. The molecule has 2 heterocycles. The van der Waals surface area contributed by atoms with Crippen LogP contribution in [0, 0.1) is 6.92 Å². The number of hydrogen-bond acceptors (Lipinski definition) is 4. The van der Waals surface area contributed by atoms with Gasteiger partial charge >= 0.3 is 0 Å². The third kappa shape index (κ3) is 1.81. The molecule has 0 spiro atoms. The van der Waals surface area contributed by atoms with Gasteiger partial charge in [0.05, 0.1) is 10.6 Å². The van der Waals surface area contributed by atoms with E-state index in [-0.39, 0.29) is 11.5 Å². The number of carbonyl (C=O) groups is 1. The number of fused-ring (bicyclic) bond motifs is 2. The van der Waals surface area contributed by atoms with Crippen molar-refractivity contribution >= 4 is 50.2 Å². The minimum Gasteiger partial charge on any atom is -0.506 e. The second kappa shape index (κ2) is 4.66. The van der Waals surface area contributed by atoms with E-state index in [9.17, 15) is 9.90 Å². The minimum atomic E-state index is -0.152. The quantitative estimate of drug-likeness (QED) is 0.692. The fourth-order valence-electron chi connectivity index (χ4n) is 2.74. The van der Waals surface area contributed by atoms with Gasteiger partial charge in [-0.1, -0.05) is 23.7 Å². The summed E-state index contributed by atoms with van der Waals surface area (Å²) >= 11 is 7.41. The molecule has 0 aliphatic carbocycles. The summed E-state index contributed by atoms with van der Waals surface area (Å²) in [6, 6.07) is 10.8. The molecule has 1 aliphatic rings. The summed E-state index contributed by atoms with van der Waals surface area (Å²) in [4.78, 5) is 17.4. The van der Waals surface area contributed by atoms with Gasteiger partial charge < -0.3 is 5.11 Å². The average molecular weight is 328 g/mol. The van der Waals surface area contributed by atoms with Gasteiger partial charge in [0.1, 0.15) is 11.5 Å². The number of nitrogens with zero attached hydrogens (tertiary/aromatic N) is 1. The second-order valence-corrected chi connectivity index (χ2v) is 6.67. The Hall–Kier alpha value is -2.17. The van der Waals surface area contributed by atoms with Crippen LogP contribution in [0.1, 0.15) is 20.8 Å². The lowest BCUT2D eigenvalue weighted by Gasteiger charge is -1.99. The van der Waals surface area contributed by atoms with Crippen LogP contribution in [0.15, 0.2) is 41.4 Å². The smallest absolute Gasteiger partial charge is 0.215 e. The fourth-order valence-corrected chi connectivity index (χ4v) is 4.28. The van der Waals surface area contributed by atoms with E-state index in [0.29, 0.717) is 26.9 Å². The topological polar surface area (TPSA) is 49.7 Å². The highest BCUT2D eigenvalue weighted by Gasteiger charge is 2.29. The van der Waals surface area contributed by atoms with Crippen molar-refractivity contribution in [2.24, 2.45) is 4.99 Å². The lowest BCUT2D eigenvalue weighted by Crippen LogP contribution is -2.09. The zero-order valence-electron chi connectivity index (χ0n) is 11.6. The van der Waals surface area contributed by atoms with E-state index in [1.54, 1.807) is 24.3 Å². The van der Waals surface area contributed by atoms with Crippen LogP contribution in [0.2, 0.25) is 5.02 Å². The zero-order chi connectivity index (χ0) is 15.4. The lowest BCUT2D eigenvalue weighted by molar-refractivity contribution is 0.107. The molecule has 0 atom stereocenters. The molecule has 1 aliphatic heterocycles. The van der Waals surface area contributed by atoms with Crippen molar-refractivity contribution in [2.75, 3.05) is 0 Å². The Morgan fingerprint density at radius 3 is 2.77 bits per heavy atom. The highest BCUT2D eigenvalue weighted by molar-refractivity contribution is 7.22. The number of carbonyl (C=O) groups excluding carboxylic acids is 1. The van der Waals surface area contributed by atoms with E-state index in [1.165, 1.54) is 11.3 Å². The number of halogens is 1. The van der Waals surface area contributed by atoms with Crippen molar-refractivity contribution in [1.29, 1.82) is 0 Å². The summed E-state index contributed by atoms with van der Waals surface area (Å²) in [5.41, 5.74) is 2.40. The molecule has 2 aromatic carbocycles.